The molecule has 106 valence electrons. The smallest absolute Gasteiger partial charge is 0.206 e. The van der Waals surface area contributed by atoms with Gasteiger partial charge in [0.2, 0.25) is 5.43 Å². The van der Waals surface area contributed by atoms with E-state index in [1.165, 1.54) is 19.9 Å². The number of halogens is 2. The standard InChI is InChI=1S/C14H14F2N2O2/c1-8-6-12(19)13(14(2,3)20)17-18(8)11-7-9(15)4-5-10(11)16/h4-7,20H,1-3H3. The molecule has 0 atom stereocenters. The van der Waals surface area contributed by atoms with Crippen LogP contribution in [0.15, 0.2) is 29.1 Å². The van der Waals surface area contributed by atoms with Crippen molar-refractivity contribution in [3.8, 4) is 5.69 Å². The van der Waals surface area contributed by atoms with Crippen molar-refractivity contribution in [2.75, 3.05) is 0 Å². The van der Waals surface area contributed by atoms with Crippen LogP contribution in [0.5, 0.6) is 0 Å². The Morgan fingerprint density at radius 2 is 1.90 bits per heavy atom. The molecule has 1 aromatic heterocycles. The average molecular weight is 280 g/mol. The zero-order chi connectivity index (χ0) is 15.1. The van der Waals surface area contributed by atoms with E-state index in [0.717, 1.165) is 22.9 Å². The maximum atomic E-state index is 13.8. The van der Waals surface area contributed by atoms with Crippen molar-refractivity contribution in [2.45, 2.75) is 26.4 Å². The minimum atomic E-state index is -1.48. The molecule has 0 saturated heterocycles. The Hall–Kier alpha value is -2.08. The number of aryl methyl sites for hydroxylation is 1. The number of nitrogens with zero attached hydrogens (tertiary/aromatic N) is 2. The van der Waals surface area contributed by atoms with E-state index in [-0.39, 0.29) is 11.4 Å². The largest absolute Gasteiger partial charge is 0.384 e. The third-order valence-electron chi connectivity index (χ3n) is 2.82. The highest BCUT2D eigenvalue weighted by atomic mass is 19.1. The fraction of sp³-hybridized carbons (Fsp3) is 0.286. The summed E-state index contributed by atoms with van der Waals surface area (Å²) in [7, 11) is 0. The van der Waals surface area contributed by atoms with Crippen molar-refractivity contribution in [2.24, 2.45) is 0 Å². The molecule has 1 heterocycles. The van der Waals surface area contributed by atoms with E-state index < -0.39 is 22.7 Å². The SMILES string of the molecule is Cc1cc(=O)c(C(C)(C)O)nn1-c1cc(F)ccc1F. The molecule has 0 amide bonds. The van der Waals surface area contributed by atoms with Crippen LogP contribution in [0.2, 0.25) is 0 Å². The molecule has 0 fully saturated rings. The van der Waals surface area contributed by atoms with Crippen molar-refractivity contribution in [1.29, 1.82) is 0 Å². The van der Waals surface area contributed by atoms with Gasteiger partial charge in [-0.15, -0.1) is 0 Å². The summed E-state index contributed by atoms with van der Waals surface area (Å²) in [4.78, 5) is 11.8. The number of hydrogen-bond acceptors (Lipinski definition) is 3. The van der Waals surface area contributed by atoms with Crippen LogP contribution >= 0.6 is 0 Å². The van der Waals surface area contributed by atoms with Crippen LogP contribution in [0, 0.1) is 18.6 Å². The first-order valence-electron chi connectivity index (χ1n) is 5.99. The second-order valence-electron chi connectivity index (χ2n) is 5.07. The second kappa shape index (κ2) is 4.79. The Balaban J connectivity index is 2.75. The molecule has 4 nitrogen and oxygen atoms in total. The molecule has 0 saturated carbocycles. The number of benzene rings is 1. The molecule has 1 aromatic carbocycles. The topological polar surface area (TPSA) is 55.1 Å². The van der Waals surface area contributed by atoms with Crippen molar-refractivity contribution in [1.82, 2.24) is 9.78 Å². The van der Waals surface area contributed by atoms with E-state index in [0.29, 0.717) is 5.69 Å². The minimum Gasteiger partial charge on any atom is -0.384 e. The van der Waals surface area contributed by atoms with Crippen LogP contribution in [0.3, 0.4) is 0 Å². The molecule has 0 aliphatic carbocycles. The summed E-state index contributed by atoms with van der Waals surface area (Å²) in [6.45, 7) is 4.35. The van der Waals surface area contributed by atoms with Gasteiger partial charge in [0.1, 0.15) is 28.6 Å². The van der Waals surface area contributed by atoms with Gasteiger partial charge in [-0.1, -0.05) is 0 Å². The first-order valence-corrected chi connectivity index (χ1v) is 5.99. The summed E-state index contributed by atoms with van der Waals surface area (Å²) < 4.78 is 28.2. The molecule has 0 aliphatic heterocycles. The highest BCUT2D eigenvalue weighted by Gasteiger charge is 2.23. The van der Waals surface area contributed by atoms with E-state index >= 15 is 0 Å². The van der Waals surface area contributed by atoms with Crippen LogP contribution in [-0.2, 0) is 5.60 Å². The Kier molecular flexibility index (Phi) is 3.43. The molecule has 0 radical (unpaired) electrons. The van der Waals surface area contributed by atoms with Gasteiger partial charge in [0.25, 0.3) is 0 Å². The highest BCUT2D eigenvalue weighted by molar-refractivity contribution is 5.35. The van der Waals surface area contributed by atoms with E-state index in [9.17, 15) is 18.7 Å². The maximum Gasteiger partial charge on any atom is 0.206 e. The molecule has 2 rings (SSSR count). The Morgan fingerprint density at radius 1 is 1.25 bits per heavy atom. The van der Waals surface area contributed by atoms with Gasteiger partial charge >= 0.3 is 0 Å². The quantitative estimate of drug-likeness (QED) is 0.916. The average Bonchev–Trinajstić information content (AvgIpc) is 2.31. The highest BCUT2D eigenvalue weighted by Crippen LogP contribution is 2.18. The molecule has 0 bridgehead atoms. The van der Waals surface area contributed by atoms with E-state index in [2.05, 4.69) is 5.10 Å². The molecule has 2 aromatic rings. The number of aliphatic hydroxyl groups is 1. The van der Waals surface area contributed by atoms with Crippen LogP contribution in [-0.4, -0.2) is 14.9 Å². The summed E-state index contributed by atoms with van der Waals surface area (Å²) in [5.74, 6) is -1.29. The van der Waals surface area contributed by atoms with Gasteiger partial charge < -0.3 is 5.11 Å². The fourth-order valence-corrected chi connectivity index (χ4v) is 1.86. The zero-order valence-corrected chi connectivity index (χ0v) is 11.3. The summed E-state index contributed by atoms with van der Waals surface area (Å²) in [5, 5.41) is 13.9. The second-order valence-corrected chi connectivity index (χ2v) is 5.07. The first-order chi connectivity index (χ1) is 9.20. The normalized spacial score (nSPS) is 11.7. The lowest BCUT2D eigenvalue weighted by molar-refractivity contribution is 0.0709. The number of rotatable bonds is 2. The fourth-order valence-electron chi connectivity index (χ4n) is 1.86. The van der Waals surface area contributed by atoms with Crippen LogP contribution in [0.1, 0.15) is 25.2 Å². The van der Waals surface area contributed by atoms with Gasteiger partial charge in [-0.3, -0.25) is 4.79 Å². The first kappa shape index (κ1) is 14.3. The van der Waals surface area contributed by atoms with Crippen LogP contribution in [0.4, 0.5) is 8.78 Å². The summed E-state index contributed by atoms with van der Waals surface area (Å²) in [6, 6.07) is 4.18. The third-order valence-corrected chi connectivity index (χ3v) is 2.82. The lowest BCUT2D eigenvalue weighted by Crippen LogP contribution is -2.30. The predicted molar refractivity (Wildman–Crippen MR) is 69.7 cm³/mol. The Bertz CT molecular complexity index is 718. The van der Waals surface area contributed by atoms with E-state index in [1.54, 1.807) is 6.92 Å². The van der Waals surface area contributed by atoms with E-state index in [4.69, 9.17) is 0 Å². The van der Waals surface area contributed by atoms with Crippen LogP contribution in [0.25, 0.3) is 5.69 Å². The summed E-state index contributed by atoms with van der Waals surface area (Å²) >= 11 is 0. The molecule has 1 N–H and O–H groups in total. The number of hydrogen-bond donors (Lipinski definition) is 1. The summed E-state index contributed by atoms with van der Waals surface area (Å²) in [6.07, 6.45) is 0. The van der Waals surface area contributed by atoms with Crippen molar-refractivity contribution >= 4 is 0 Å². The third kappa shape index (κ3) is 2.60. The van der Waals surface area contributed by atoms with Crippen LogP contribution < -0.4 is 5.43 Å². The van der Waals surface area contributed by atoms with Gasteiger partial charge in [-0.05, 0) is 32.9 Å². The zero-order valence-electron chi connectivity index (χ0n) is 11.3. The van der Waals surface area contributed by atoms with Crippen molar-refractivity contribution in [3.05, 3.63) is 57.5 Å². The lowest BCUT2D eigenvalue weighted by atomic mass is 10.0. The van der Waals surface area contributed by atoms with Gasteiger partial charge in [-0.2, -0.15) is 5.10 Å². The number of aromatic nitrogens is 2. The lowest BCUT2D eigenvalue weighted by Gasteiger charge is -2.18. The van der Waals surface area contributed by atoms with Crippen molar-refractivity contribution < 1.29 is 13.9 Å². The van der Waals surface area contributed by atoms with Crippen molar-refractivity contribution in [3.63, 3.8) is 0 Å². The molecule has 20 heavy (non-hydrogen) atoms. The Labute approximate surface area is 114 Å². The van der Waals surface area contributed by atoms with E-state index in [1.807, 2.05) is 0 Å². The molecule has 0 spiro atoms. The Morgan fingerprint density at radius 3 is 2.50 bits per heavy atom. The molecular weight excluding hydrogens is 266 g/mol. The minimum absolute atomic E-state index is 0.118. The van der Waals surface area contributed by atoms with Gasteiger partial charge in [0.05, 0.1) is 0 Å². The molecular formula is C14H14F2N2O2. The van der Waals surface area contributed by atoms with Gasteiger partial charge in [-0.25, -0.2) is 13.5 Å². The van der Waals surface area contributed by atoms with Gasteiger partial charge in [0.15, 0.2) is 0 Å². The monoisotopic (exact) mass is 280 g/mol. The van der Waals surface area contributed by atoms with Gasteiger partial charge in [0, 0.05) is 17.8 Å². The molecule has 6 heteroatoms. The predicted octanol–water partition coefficient (Wildman–Crippen LogP) is 2.05. The maximum absolute atomic E-state index is 13.8. The summed E-state index contributed by atoms with van der Waals surface area (Å²) in [5.41, 5.74) is -1.84. The molecule has 0 unspecified atom stereocenters. The molecule has 0 aliphatic rings.